The number of benzene rings is 3. The molecule has 0 heterocycles. The largest absolute Gasteiger partial charge is 0.588 e. The van der Waals surface area contributed by atoms with E-state index < -0.39 is 37.1 Å². The number of rotatable bonds is 11. The van der Waals surface area contributed by atoms with Crippen LogP contribution < -0.4 is 14.8 Å². The lowest BCUT2D eigenvalue weighted by Crippen LogP contribution is -2.14. The molecule has 0 radical (unpaired) electrons. The van der Waals surface area contributed by atoms with Gasteiger partial charge in [0.15, 0.2) is 22.3 Å². The van der Waals surface area contributed by atoms with Crippen LogP contribution in [-0.4, -0.2) is 17.8 Å². The highest BCUT2D eigenvalue weighted by molar-refractivity contribution is 7.92. The van der Waals surface area contributed by atoms with Crippen molar-refractivity contribution in [1.82, 2.24) is 0 Å². The molecular weight excluding hydrogens is 491 g/mol. The second-order valence-electron chi connectivity index (χ2n) is 7.62. The van der Waals surface area contributed by atoms with Gasteiger partial charge in [-0.1, -0.05) is 11.6 Å². The molecule has 0 aliphatic heterocycles. The quantitative estimate of drug-likeness (QED) is 0.212. The van der Waals surface area contributed by atoms with Crippen molar-refractivity contribution in [1.29, 1.82) is 0 Å². The molecule has 0 fully saturated rings. The molecular formula is C26H28F2NO4PS. The van der Waals surface area contributed by atoms with Gasteiger partial charge in [-0.3, -0.25) is 0 Å². The molecule has 5 nitrogen and oxygen atoms in total. The predicted octanol–water partition coefficient (Wildman–Crippen LogP) is 7.33. The molecule has 0 saturated carbocycles. The lowest BCUT2D eigenvalue weighted by molar-refractivity contribution is 0.277. The summed E-state index contributed by atoms with van der Waals surface area (Å²) in [6.45, 7) is 8.62. The third-order valence-corrected chi connectivity index (χ3v) is 7.34. The third kappa shape index (κ3) is 7.75. The van der Waals surface area contributed by atoms with E-state index in [2.05, 4.69) is 4.72 Å². The van der Waals surface area contributed by atoms with Crippen molar-refractivity contribution in [2.75, 3.05) is 17.9 Å². The van der Waals surface area contributed by atoms with E-state index >= 15 is 0 Å². The first-order chi connectivity index (χ1) is 16.8. The summed E-state index contributed by atoms with van der Waals surface area (Å²) in [6.07, 6.45) is 1.68. The molecule has 0 aromatic heterocycles. The molecule has 3 aromatic carbocycles. The minimum Gasteiger partial charge on any atom is -0.588 e. The van der Waals surface area contributed by atoms with E-state index in [9.17, 15) is 13.3 Å². The van der Waals surface area contributed by atoms with Crippen LogP contribution in [0, 0.1) is 11.6 Å². The van der Waals surface area contributed by atoms with Crippen LogP contribution in [0.2, 0.25) is 0 Å². The average Bonchev–Trinajstić information content (AvgIpc) is 2.82. The maximum atomic E-state index is 14.4. The van der Waals surface area contributed by atoms with Crippen molar-refractivity contribution in [2.45, 2.75) is 32.6 Å². The zero-order valence-corrected chi connectivity index (χ0v) is 21.7. The Bertz CT molecular complexity index is 1110. The molecule has 0 spiro atoms. The molecule has 186 valence electrons. The van der Waals surface area contributed by atoms with E-state index in [4.69, 9.17) is 13.8 Å². The Morgan fingerprint density at radius 3 is 2.03 bits per heavy atom. The number of allylic oxidation sites excluding steroid dienone is 1. The fourth-order valence-electron chi connectivity index (χ4n) is 3.08. The Hall–Kier alpha value is -2.48. The summed E-state index contributed by atoms with van der Waals surface area (Å²) in [5, 5.41) is 0.926. The molecule has 35 heavy (non-hydrogen) atoms. The van der Waals surface area contributed by atoms with Gasteiger partial charge in [-0.25, -0.2) is 13.5 Å². The fraction of sp³-hybridized carbons (Fsp3) is 0.231. The highest BCUT2D eigenvalue weighted by Crippen LogP contribution is 2.37. The molecule has 1 N–H and O–H groups in total. The Morgan fingerprint density at radius 1 is 0.943 bits per heavy atom. The van der Waals surface area contributed by atoms with Crippen molar-refractivity contribution in [3.8, 4) is 11.5 Å². The molecule has 1 unspecified atom stereocenters. The molecule has 3 rings (SSSR count). The van der Waals surface area contributed by atoms with Crippen LogP contribution in [0.5, 0.6) is 11.5 Å². The summed E-state index contributed by atoms with van der Waals surface area (Å²) < 4.78 is 61.2. The van der Waals surface area contributed by atoms with Gasteiger partial charge < -0.3 is 18.3 Å². The van der Waals surface area contributed by atoms with Crippen LogP contribution in [0.3, 0.4) is 0 Å². The molecule has 0 amide bonds. The van der Waals surface area contributed by atoms with Gasteiger partial charge in [-0.15, -0.1) is 0 Å². The second kappa shape index (κ2) is 13.0. The van der Waals surface area contributed by atoms with Crippen molar-refractivity contribution in [3.63, 3.8) is 0 Å². The normalized spacial score (nSPS) is 11.9. The number of hydrogen-bond donors (Lipinski definition) is 1. The van der Waals surface area contributed by atoms with Gasteiger partial charge >= 0.3 is 0 Å². The minimum atomic E-state index is -1.55. The first-order valence-electron chi connectivity index (χ1n) is 11.1. The van der Waals surface area contributed by atoms with Gasteiger partial charge in [0.05, 0.1) is 18.9 Å². The van der Waals surface area contributed by atoms with Crippen molar-refractivity contribution in [3.05, 3.63) is 83.4 Å². The number of anilines is 1. The minimum absolute atomic E-state index is 0.225. The first kappa shape index (κ1) is 27.1. The van der Waals surface area contributed by atoms with Crippen molar-refractivity contribution in [2.24, 2.45) is 0 Å². The van der Waals surface area contributed by atoms with E-state index in [0.717, 1.165) is 10.9 Å². The summed E-state index contributed by atoms with van der Waals surface area (Å²) in [4.78, 5) is 0.479. The molecule has 0 aliphatic carbocycles. The van der Waals surface area contributed by atoms with E-state index in [0.29, 0.717) is 29.4 Å². The van der Waals surface area contributed by atoms with Crippen LogP contribution in [0.1, 0.15) is 33.3 Å². The Morgan fingerprint density at radius 2 is 1.51 bits per heavy atom. The van der Waals surface area contributed by atoms with E-state index in [1.54, 1.807) is 18.2 Å². The molecule has 1 atom stereocenters. The second-order valence-corrected chi connectivity index (χ2v) is 10.4. The van der Waals surface area contributed by atoms with Crippen LogP contribution >= 0.6 is 8.38 Å². The third-order valence-electron chi connectivity index (χ3n) is 4.52. The van der Waals surface area contributed by atoms with Crippen LogP contribution in [0.4, 0.5) is 14.5 Å². The van der Waals surface area contributed by atoms with Gasteiger partial charge in [-0.2, -0.15) is 0 Å². The molecule has 9 heteroatoms. The monoisotopic (exact) mass is 519 g/mol. The Kier molecular flexibility index (Phi) is 10.1. The number of hydrogen-bond acceptors (Lipinski definition) is 5. The van der Waals surface area contributed by atoms with E-state index in [-0.39, 0.29) is 5.75 Å². The van der Waals surface area contributed by atoms with Crippen LogP contribution in [0.25, 0.3) is 6.08 Å². The van der Waals surface area contributed by atoms with Crippen LogP contribution in [0.15, 0.2) is 71.1 Å². The lowest BCUT2D eigenvalue weighted by Gasteiger charge is -2.16. The smallest absolute Gasteiger partial charge is 0.205 e. The summed E-state index contributed by atoms with van der Waals surface area (Å²) >= 11 is -1.55. The molecule has 0 aliphatic rings. The van der Waals surface area contributed by atoms with E-state index in [1.165, 1.54) is 24.3 Å². The molecule has 0 saturated heterocycles. The van der Waals surface area contributed by atoms with Crippen molar-refractivity contribution >= 4 is 36.8 Å². The number of nitrogens with one attached hydrogen (secondary N) is 1. The van der Waals surface area contributed by atoms with Gasteiger partial charge in [0.2, 0.25) is 8.38 Å². The summed E-state index contributed by atoms with van der Waals surface area (Å²) in [5.74, 6) is -1.86. The maximum Gasteiger partial charge on any atom is 0.205 e. The molecule has 0 bridgehead atoms. The SMILES string of the molecule is CCOP(OCC)c1ccc(N[S+]([O-])c2ccc(Oc3c(F)cc(C=C(C)C)cc3F)cc2)cc1. The summed E-state index contributed by atoms with van der Waals surface area (Å²) in [5.41, 5.74) is 2.01. The Labute approximate surface area is 209 Å². The van der Waals surface area contributed by atoms with Gasteiger partial charge in [0, 0.05) is 5.30 Å². The average molecular weight is 520 g/mol. The first-order valence-corrected chi connectivity index (χ1v) is 13.4. The maximum absolute atomic E-state index is 14.4. The summed E-state index contributed by atoms with van der Waals surface area (Å²) in [7, 11) is -1.14. The van der Waals surface area contributed by atoms with Gasteiger partial charge in [0.25, 0.3) is 0 Å². The Balaban J connectivity index is 1.65. The van der Waals surface area contributed by atoms with Crippen LogP contribution in [-0.2, 0) is 20.4 Å². The number of halogens is 2. The standard InChI is InChI=1S/C26H28F2NO4PS/c1-5-31-34(32-6-2)22-11-7-20(8-12-22)29-35(30)23-13-9-21(10-14-23)33-26-24(27)16-19(15-18(3)4)17-25(26)28/h7-17,29H,5-6H2,1-4H3. The summed E-state index contributed by atoms with van der Waals surface area (Å²) in [6, 6.07) is 16.0. The van der Waals surface area contributed by atoms with Gasteiger partial charge in [0.1, 0.15) is 17.1 Å². The highest BCUT2D eigenvalue weighted by atomic mass is 32.2. The van der Waals surface area contributed by atoms with Crippen molar-refractivity contribution < 1.29 is 27.1 Å². The zero-order valence-electron chi connectivity index (χ0n) is 20.0. The lowest BCUT2D eigenvalue weighted by atomic mass is 10.1. The topological polar surface area (TPSA) is 62.8 Å². The highest BCUT2D eigenvalue weighted by Gasteiger charge is 2.17. The predicted molar refractivity (Wildman–Crippen MR) is 138 cm³/mol. The number of ether oxygens (including phenoxy) is 1. The fourth-order valence-corrected chi connectivity index (χ4v) is 5.17. The molecule has 3 aromatic rings. The van der Waals surface area contributed by atoms with Gasteiger partial charge in [-0.05, 0) is 93.9 Å². The zero-order chi connectivity index (χ0) is 25.4. The van der Waals surface area contributed by atoms with E-state index in [1.807, 2.05) is 52.0 Å².